The van der Waals surface area contributed by atoms with Gasteiger partial charge in [-0.2, -0.15) is 9.61 Å². The molecule has 0 N–H and O–H groups in total. The van der Waals surface area contributed by atoms with E-state index in [1.165, 1.54) is 0 Å². The maximum atomic E-state index is 5.36. The Kier molecular flexibility index (Phi) is 6.19. The molecule has 3 aromatic rings. The molecule has 3 rings (SSSR count). The number of rotatable bonds is 8. The Morgan fingerprint density at radius 3 is 2.50 bits per heavy atom. The molecule has 6 heteroatoms. The van der Waals surface area contributed by atoms with Crippen LogP contribution >= 0.6 is 0 Å². The number of anilines is 1. The molecule has 2 heterocycles. The first kappa shape index (κ1) is 20.1. The van der Waals surface area contributed by atoms with E-state index in [9.17, 15) is 0 Å². The zero-order chi connectivity index (χ0) is 20.3. The molecule has 0 radical (unpaired) electrons. The van der Waals surface area contributed by atoms with Crippen LogP contribution in [-0.4, -0.2) is 48.5 Å². The van der Waals surface area contributed by atoms with Crippen molar-refractivity contribution in [3.05, 3.63) is 41.2 Å². The highest BCUT2D eigenvalue weighted by atomic mass is 16.5. The van der Waals surface area contributed by atoms with Crippen molar-refractivity contribution >= 4 is 11.5 Å². The minimum Gasteiger partial charge on any atom is -0.497 e. The van der Waals surface area contributed by atoms with Gasteiger partial charge in [-0.1, -0.05) is 13.0 Å². The van der Waals surface area contributed by atoms with Crippen LogP contribution in [0.15, 0.2) is 24.3 Å². The van der Waals surface area contributed by atoms with E-state index < -0.39 is 0 Å². The average molecular weight is 383 g/mol. The predicted octanol–water partition coefficient (Wildman–Crippen LogP) is 4.19. The molecule has 0 bridgehead atoms. The Labute approximate surface area is 167 Å². The highest BCUT2D eigenvalue weighted by molar-refractivity contribution is 5.83. The van der Waals surface area contributed by atoms with Crippen LogP contribution in [-0.2, 0) is 4.74 Å². The van der Waals surface area contributed by atoms with E-state index in [1.807, 2.05) is 24.4 Å². The molecule has 2 aromatic heterocycles. The second-order valence-electron chi connectivity index (χ2n) is 7.11. The first-order chi connectivity index (χ1) is 13.5. The van der Waals surface area contributed by atoms with Crippen LogP contribution in [0.4, 0.5) is 5.82 Å². The van der Waals surface area contributed by atoms with Gasteiger partial charge in [-0.25, -0.2) is 4.98 Å². The van der Waals surface area contributed by atoms with Gasteiger partial charge in [-0.3, -0.25) is 0 Å². The quantitative estimate of drug-likeness (QED) is 0.585. The summed E-state index contributed by atoms with van der Waals surface area (Å²) in [5.74, 6) is 1.91. The largest absolute Gasteiger partial charge is 0.497 e. The summed E-state index contributed by atoms with van der Waals surface area (Å²) < 4.78 is 12.7. The lowest BCUT2D eigenvalue weighted by atomic mass is 10.0. The fourth-order valence-corrected chi connectivity index (χ4v) is 3.62. The Hall–Kier alpha value is -2.60. The summed E-state index contributed by atoms with van der Waals surface area (Å²) >= 11 is 0. The van der Waals surface area contributed by atoms with Gasteiger partial charge in [-0.15, -0.1) is 0 Å². The molecule has 0 amide bonds. The van der Waals surface area contributed by atoms with Crippen LogP contribution < -0.4 is 9.64 Å². The van der Waals surface area contributed by atoms with Crippen molar-refractivity contribution in [3.63, 3.8) is 0 Å². The topological polar surface area (TPSA) is 51.9 Å². The number of aryl methyl sites for hydroxylation is 3. The number of hydrogen-bond donors (Lipinski definition) is 0. The van der Waals surface area contributed by atoms with Crippen molar-refractivity contribution < 1.29 is 9.47 Å². The number of nitrogens with zero attached hydrogens (tertiary/aromatic N) is 4. The maximum absolute atomic E-state index is 5.36. The van der Waals surface area contributed by atoms with Gasteiger partial charge in [0.2, 0.25) is 0 Å². The van der Waals surface area contributed by atoms with Crippen LogP contribution in [0.25, 0.3) is 16.8 Å². The van der Waals surface area contributed by atoms with E-state index in [2.05, 4.69) is 36.9 Å². The van der Waals surface area contributed by atoms with Crippen LogP contribution in [0, 0.1) is 20.8 Å². The minimum atomic E-state index is 0.674. The molecular weight excluding hydrogens is 352 g/mol. The van der Waals surface area contributed by atoms with Gasteiger partial charge in [0.15, 0.2) is 5.65 Å². The standard InChI is InChI=1S/C22H30N4O2/c1-7-10-25(11-12-27-5)20-14-16(3)23-22-21(17(4)24-26(20)22)19-9-8-18(28-6)13-15(19)2/h8-9,13-14H,7,10-12H2,1-6H3. The summed E-state index contributed by atoms with van der Waals surface area (Å²) in [6, 6.07) is 8.24. The summed E-state index contributed by atoms with van der Waals surface area (Å²) in [5, 5.41) is 4.87. The molecule has 0 unspecified atom stereocenters. The molecule has 1 aromatic carbocycles. The molecule has 0 aliphatic heterocycles. The van der Waals surface area contributed by atoms with E-state index in [4.69, 9.17) is 19.6 Å². The molecule has 28 heavy (non-hydrogen) atoms. The fraction of sp³-hybridized carbons (Fsp3) is 0.455. The summed E-state index contributed by atoms with van der Waals surface area (Å²) in [6.07, 6.45) is 1.05. The molecule has 0 atom stereocenters. The molecular formula is C22H30N4O2. The van der Waals surface area contributed by atoms with Gasteiger partial charge < -0.3 is 14.4 Å². The molecule has 0 aliphatic carbocycles. The molecule has 0 saturated carbocycles. The van der Waals surface area contributed by atoms with Crippen molar-refractivity contribution in [2.75, 3.05) is 38.8 Å². The van der Waals surface area contributed by atoms with E-state index >= 15 is 0 Å². The summed E-state index contributed by atoms with van der Waals surface area (Å²) in [5.41, 5.74) is 6.19. The lowest BCUT2D eigenvalue weighted by Gasteiger charge is -2.24. The van der Waals surface area contributed by atoms with E-state index in [0.29, 0.717) is 6.61 Å². The Balaban J connectivity index is 2.19. The Morgan fingerprint density at radius 1 is 1.07 bits per heavy atom. The normalized spacial score (nSPS) is 11.2. The fourth-order valence-electron chi connectivity index (χ4n) is 3.62. The number of methoxy groups -OCH3 is 2. The predicted molar refractivity (Wildman–Crippen MR) is 114 cm³/mol. The highest BCUT2D eigenvalue weighted by Gasteiger charge is 2.20. The van der Waals surface area contributed by atoms with Gasteiger partial charge in [-0.05, 0) is 50.5 Å². The van der Waals surface area contributed by atoms with Crippen molar-refractivity contribution in [3.8, 4) is 16.9 Å². The van der Waals surface area contributed by atoms with E-state index in [-0.39, 0.29) is 0 Å². The third kappa shape index (κ3) is 3.83. The second kappa shape index (κ2) is 8.61. The first-order valence-electron chi connectivity index (χ1n) is 9.76. The second-order valence-corrected chi connectivity index (χ2v) is 7.11. The summed E-state index contributed by atoms with van der Waals surface area (Å²) in [6.45, 7) is 10.8. The van der Waals surface area contributed by atoms with Crippen molar-refractivity contribution in [2.24, 2.45) is 0 Å². The monoisotopic (exact) mass is 382 g/mol. The van der Waals surface area contributed by atoms with Crippen LogP contribution in [0.3, 0.4) is 0 Å². The molecule has 0 fully saturated rings. The van der Waals surface area contributed by atoms with Crippen LogP contribution in [0.1, 0.15) is 30.3 Å². The van der Waals surface area contributed by atoms with Crippen LogP contribution in [0.5, 0.6) is 5.75 Å². The SMILES string of the molecule is CCCN(CCOC)c1cc(C)nc2c(-c3ccc(OC)cc3C)c(C)nn12. The Morgan fingerprint density at radius 2 is 1.86 bits per heavy atom. The van der Waals surface area contributed by atoms with Gasteiger partial charge >= 0.3 is 0 Å². The van der Waals surface area contributed by atoms with Gasteiger partial charge in [0.1, 0.15) is 11.6 Å². The third-order valence-corrected chi connectivity index (χ3v) is 4.96. The van der Waals surface area contributed by atoms with Gasteiger partial charge in [0, 0.05) is 37.5 Å². The lowest BCUT2D eigenvalue weighted by Crippen LogP contribution is -2.30. The molecule has 0 aliphatic rings. The first-order valence-corrected chi connectivity index (χ1v) is 9.76. The van der Waals surface area contributed by atoms with Crippen LogP contribution in [0.2, 0.25) is 0 Å². The lowest BCUT2D eigenvalue weighted by molar-refractivity contribution is 0.205. The average Bonchev–Trinajstić information content (AvgIpc) is 3.00. The van der Waals surface area contributed by atoms with Gasteiger partial charge in [0.25, 0.3) is 0 Å². The van der Waals surface area contributed by atoms with E-state index in [1.54, 1.807) is 14.2 Å². The summed E-state index contributed by atoms with van der Waals surface area (Å²) in [4.78, 5) is 7.17. The van der Waals surface area contributed by atoms with Crippen molar-refractivity contribution in [1.82, 2.24) is 14.6 Å². The number of ether oxygens (including phenoxy) is 2. The maximum Gasteiger partial charge on any atom is 0.165 e. The highest BCUT2D eigenvalue weighted by Crippen LogP contribution is 2.33. The zero-order valence-corrected chi connectivity index (χ0v) is 17.7. The minimum absolute atomic E-state index is 0.674. The van der Waals surface area contributed by atoms with Crippen molar-refractivity contribution in [2.45, 2.75) is 34.1 Å². The summed E-state index contributed by atoms with van der Waals surface area (Å²) in [7, 11) is 3.43. The van der Waals surface area contributed by atoms with Crippen molar-refractivity contribution in [1.29, 1.82) is 0 Å². The Bertz CT molecular complexity index is 965. The molecule has 0 spiro atoms. The third-order valence-electron chi connectivity index (χ3n) is 4.96. The smallest absolute Gasteiger partial charge is 0.165 e. The number of fused-ring (bicyclic) bond motifs is 1. The van der Waals surface area contributed by atoms with E-state index in [0.717, 1.165) is 64.8 Å². The molecule has 0 saturated heterocycles. The molecule has 6 nitrogen and oxygen atoms in total. The number of hydrogen-bond acceptors (Lipinski definition) is 5. The number of benzene rings is 1. The zero-order valence-electron chi connectivity index (χ0n) is 17.7. The molecule has 150 valence electrons. The number of aromatic nitrogens is 3. The van der Waals surface area contributed by atoms with Gasteiger partial charge in [0.05, 0.1) is 19.4 Å².